The normalized spacial score (nSPS) is 16.6. The summed E-state index contributed by atoms with van der Waals surface area (Å²) in [7, 11) is 0. The van der Waals surface area contributed by atoms with Gasteiger partial charge in [0.15, 0.2) is 0 Å². The quantitative estimate of drug-likeness (QED) is 0.742. The molecule has 1 atom stereocenters. The van der Waals surface area contributed by atoms with Gasteiger partial charge in [0, 0.05) is 25.3 Å². The number of hydrogen-bond acceptors (Lipinski definition) is 3. The Labute approximate surface area is 109 Å². The Morgan fingerprint density at radius 2 is 2.17 bits per heavy atom. The molecular formula is C15H23NO2. The van der Waals surface area contributed by atoms with E-state index in [1.165, 1.54) is 18.4 Å². The van der Waals surface area contributed by atoms with Crippen LogP contribution >= 0.6 is 0 Å². The van der Waals surface area contributed by atoms with Crippen LogP contribution in [-0.4, -0.2) is 24.9 Å². The fourth-order valence-corrected chi connectivity index (χ4v) is 1.80. The first-order chi connectivity index (χ1) is 8.79. The van der Waals surface area contributed by atoms with Crippen LogP contribution in [0.1, 0.15) is 25.3 Å². The minimum Gasteiger partial charge on any atom is -0.493 e. The lowest BCUT2D eigenvalue weighted by Crippen LogP contribution is -2.23. The number of hydrogen-bond donors (Lipinski definition) is 2. The highest BCUT2D eigenvalue weighted by Crippen LogP contribution is 2.30. The van der Waals surface area contributed by atoms with Crippen molar-refractivity contribution >= 4 is 0 Å². The van der Waals surface area contributed by atoms with E-state index in [-0.39, 0.29) is 6.61 Å². The first kappa shape index (κ1) is 13.4. The van der Waals surface area contributed by atoms with Gasteiger partial charge in [0.2, 0.25) is 0 Å². The second-order valence-corrected chi connectivity index (χ2v) is 5.28. The second-order valence-electron chi connectivity index (χ2n) is 5.28. The van der Waals surface area contributed by atoms with Crippen LogP contribution in [0.2, 0.25) is 0 Å². The molecule has 0 heterocycles. The maximum Gasteiger partial charge on any atom is 0.123 e. The number of nitrogens with one attached hydrogen (secondary N) is 1. The molecule has 3 nitrogen and oxygen atoms in total. The molecule has 3 heteroatoms. The predicted octanol–water partition coefficient (Wildman–Crippen LogP) is 2.19. The number of benzene rings is 1. The largest absolute Gasteiger partial charge is 0.493 e. The van der Waals surface area contributed by atoms with Crippen LogP contribution in [0, 0.1) is 11.8 Å². The van der Waals surface area contributed by atoms with Crippen molar-refractivity contribution in [3.05, 3.63) is 29.8 Å². The average Bonchev–Trinajstić information content (AvgIpc) is 3.21. The molecule has 1 aromatic rings. The predicted molar refractivity (Wildman–Crippen MR) is 72.6 cm³/mol. The Hall–Kier alpha value is -1.06. The van der Waals surface area contributed by atoms with E-state index >= 15 is 0 Å². The fraction of sp³-hybridized carbons (Fsp3) is 0.600. The van der Waals surface area contributed by atoms with Crippen molar-refractivity contribution in [2.75, 3.05) is 19.8 Å². The Morgan fingerprint density at radius 1 is 1.39 bits per heavy atom. The lowest BCUT2D eigenvalue weighted by atomic mass is 10.1. The summed E-state index contributed by atoms with van der Waals surface area (Å²) in [6.07, 6.45) is 2.63. The molecule has 0 aromatic heterocycles. The third kappa shape index (κ3) is 4.31. The third-order valence-electron chi connectivity index (χ3n) is 3.26. The molecule has 0 bridgehead atoms. The van der Waals surface area contributed by atoms with Crippen LogP contribution in [-0.2, 0) is 6.54 Å². The van der Waals surface area contributed by atoms with Gasteiger partial charge in [-0.3, -0.25) is 0 Å². The summed E-state index contributed by atoms with van der Waals surface area (Å²) in [6, 6.07) is 8.19. The molecule has 1 saturated carbocycles. The van der Waals surface area contributed by atoms with Gasteiger partial charge in [-0.2, -0.15) is 0 Å². The van der Waals surface area contributed by atoms with Crippen molar-refractivity contribution in [2.24, 2.45) is 11.8 Å². The van der Waals surface area contributed by atoms with Gasteiger partial charge in [-0.05, 0) is 30.7 Å². The van der Waals surface area contributed by atoms with E-state index in [1.54, 1.807) is 0 Å². The minimum atomic E-state index is 0.229. The Balaban J connectivity index is 1.81. The summed E-state index contributed by atoms with van der Waals surface area (Å²) in [4.78, 5) is 0. The first-order valence-electron chi connectivity index (χ1n) is 6.82. The lowest BCUT2D eigenvalue weighted by molar-refractivity contribution is 0.233. The molecule has 0 saturated heterocycles. The van der Waals surface area contributed by atoms with Gasteiger partial charge in [-0.15, -0.1) is 0 Å². The zero-order valence-electron chi connectivity index (χ0n) is 11.1. The van der Waals surface area contributed by atoms with E-state index in [4.69, 9.17) is 9.84 Å². The molecule has 0 radical (unpaired) electrons. The molecule has 1 unspecified atom stereocenters. The van der Waals surface area contributed by atoms with E-state index in [2.05, 4.69) is 11.4 Å². The maximum absolute atomic E-state index is 8.97. The Bertz CT molecular complexity index is 363. The van der Waals surface area contributed by atoms with Crippen LogP contribution in [0.3, 0.4) is 0 Å². The Kier molecular flexibility index (Phi) is 5.02. The van der Waals surface area contributed by atoms with E-state index in [0.29, 0.717) is 5.92 Å². The maximum atomic E-state index is 8.97. The fourth-order valence-electron chi connectivity index (χ4n) is 1.80. The van der Waals surface area contributed by atoms with E-state index < -0.39 is 0 Å². The SMILES string of the molecule is CC(CO)CNCc1ccccc1OCC1CC1. The standard InChI is InChI=1S/C15H23NO2/c1-12(10-17)8-16-9-14-4-2-3-5-15(14)18-11-13-6-7-13/h2-5,12-13,16-17H,6-11H2,1H3. The lowest BCUT2D eigenvalue weighted by Gasteiger charge is -2.13. The zero-order valence-corrected chi connectivity index (χ0v) is 11.1. The van der Waals surface area contributed by atoms with Crippen LogP contribution in [0.25, 0.3) is 0 Å². The van der Waals surface area contributed by atoms with E-state index in [9.17, 15) is 0 Å². The van der Waals surface area contributed by atoms with Gasteiger partial charge in [-0.25, -0.2) is 0 Å². The number of para-hydroxylation sites is 1. The van der Waals surface area contributed by atoms with Gasteiger partial charge in [0.1, 0.15) is 5.75 Å². The molecule has 0 aliphatic heterocycles. The number of rotatable bonds is 8. The summed E-state index contributed by atoms with van der Waals surface area (Å²) < 4.78 is 5.86. The van der Waals surface area contributed by atoms with Crippen molar-refractivity contribution in [3.63, 3.8) is 0 Å². The highest BCUT2D eigenvalue weighted by Gasteiger charge is 2.22. The average molecular weight is 249 g/mol. The van der Waals surface area contributed by atoms with Crippen LogP contribution in [0.5, 0.6) is 5.75 Å². The number of aliphatic hydroxyl groups is 1. The van der Waals surface area contributed by atoms with Crippen molar-refractivity contribution < 1.29 is 9.84 Å². The molecule has 2 N–H and O–H groups in total. The van der Waals surface area contributed by atoms with Gasteiger partial charge in [0.05, 0.1) is 6.61 Å². The summed E-state index contributed by atoms with van der Waals surface area (Å²) in [5, 5.41) is 12.3. The van der Waals surface area contributed by atoms with Crippen LogP contribution in [0.15, 0.2) is 24.3 Å². The van der Waals surface area contributed by atoms with Crippen LogP contribution < -0.4 is 10.1 Å². The first-order valence-corrected chi connectivity index (χ1v) is 6.82. The molecule has 2 rings (SSSR count). The van der Waals surface area contributed by atoms with Crippen LogP contribution in [0.4, 0.5) is 0 Å². The smallest absolute Gasteiger partial charge is 0.123 e. The van der Waals surface area contributed by atoms with Gasteiger partial charge in [0.25, 0.3) is 0 Å². The number of ether oxygens (including phenoxy) is 1. The van der Waals surface area contributed by atoms with Crippen molar-refractivity contribution in [1.29, 1.82) is 0 Å². The van der Waals surface area contributed by atoms with E-state index in [0.717, 1.165) is 31.4 Å². The third-order valence-corrected chi connectivity index (χ3v) is 3.26. The monoisotopic (exact) mass is 249 g/mol. The molecule has 1 aliphatic carbocycles. The highest BCUT2D eigenvalue weighted by molar-refractivity contribution is 5.33. The van der Waals surface area contributed by atoms with Crippen molar-refractivity contribution in [2.45, 2.75) is 26.3 Å². The zero-order chi connectivity index (χ0) is 12.8. The molecule has 1 fully saturated rings. The summed E-state index contributed by atoms with van der Waals surface area (Å²) in [5.74, 6) is 2.07. The second kappa shape index (κ2) is 6.76. The summed E-state index contributed by atoms with van der Waals surface area (Å²) in [5.41, 5.74) is 1.20. The minimum absolute atomic E-state index is 0.229. The molecular weight excluding hydrogens is 226 g/mol. The van der Waals surface area contributed by atoms with Crippen molar-refractivity contribution in [3.8, 4) is 5.75 Å². The topological polar surface area (TPSA) is 41.5 Å². The van der Waals surface area contributed by atoms with Crippen molar-refractivity contribution in [1.82, 2.24) is 5.32 Å². The molecule has 18 heavy (non-hydrogen) atoms. The van der Waals surface area contributed by atoms with Gasteiger partial charge in [-0.1, -0.05) is 25.1 Å². The highest BCUT2D eigenvalue weighted by atomic mass is 16.5. The number of aliphatic hydroxyl groups excluding tert-OH is 1. The van der Waals surface area contributed by atoms with Gasteiger partial charge >= 0.3 is 0 Å². The molecule has 1 aromatic carbocycles. The molecule has 1 aliphatic rings. The summed E-state index contributed by atoms with van der Waals surface area (Å²) in [6.45, 7) is 4.73. The summed E-state index contributed by atoms with van der Waals surface area (Å²) >= 11 is 0. The van der Waals surface area contributed by atoms with E-state index in [1.807, 2.05) is 25.1 Å². The molecule has 100 valence electrons. The molecule has 0 amide bonds. The van der Waals surface area contributed by atoms with Gasteiger partial charge < -0.3 is 15.2 Å². The Morgan fingerprint density at radius 3 is 2.89 bits per heavy atom. The molecule has 0 spiro atoms.